The highest BCUT2D eigenvalue weighted by atomic mass is 32.2. The molecule has 1 N–H and O–H groups in total. The monoisotopic (exact) mass is 354 g/mol. The number of aromatic nitrogens is 2. The Morgan fingerprint density at radius 3 is 2.24 bits per heavy atom. The Hall–Kier alpha value is -2.93. The van der Waals surface area contributed by atoms with E-state index in [1.54, 1.807) is 18.2 Å². The molecule has 0 radical (unpaired) electrons. The van der Waals surface area contributed by atoms with Crippen molar-refractivity contribution in [3.05, 3.63) is 77.6 Å². The molecule has 0 spiro atoms. The maximum absolute atomic E-state index is 12.2. The van der Waals surface area contributed by atoms with Crippen molar-refractivity contribution in [1.29, 1.82) is 0 Å². The van der Waals surface area contributed by atoms with Gasteiger partial charge in [0.05, 0.1) is 28.2 Å². The van der Waals surface area contributed by atoms with Crippen LogP contribution in [0.2, 0.25) is 0 Å². The summed E-state index contributed by atoms with van der Waals surface area (Å²) in [6.45, 7) is 3.78. The molecular formula is C18H18N4O2S. The Labute approximate surface area is 146 Å². The minimum absolute atomic E-state index is 0.167. The molecule has 0 saturated carbocycles. The summed E-state index contributed by atoms with van der Waals surface area (Å²) in [6, 6.07) is 17.8. The molecule has 0 aliphatic rings. The molecule has 0 aliphatic carbocycles. The third-order valence-corrected chi connectivity index (χ3v) is 5.01. The van der Waals surface area contributed by atoms with E-state index in [2.05, 4.69) is 15.0 Å². The molecule has 0 unspecified atom stereocenters. The third-order valence-electron chi connectivity index (χ3n) is 3.77. The molecule has 0 atom stereocenters. The summed E-state index contributed by atoms with van der Waals surface area (Å²) in [4.78, 5) is 2.40. The van der Waals surface area contributed by atoms with Crippen LogP contribution in [0.1, 0.15) is 17.0 Å². The molecule has 6 nitrogen and oxygen atoms in total. The lowest BCUT2D eigenvalue weighted by atomic mass is 10.2. The van der Waals surface area contributed by atoms with E-state index in [0.717, 1.165) is 22.6 Å². The van der Waals surface area contributed by atoms with E-state index in [1.165, 1.54) is 18.3 Å². The lowest BCUT2D eigenvalue weighted by molar-refractivity contribution is 0.584. The fourth-order valence-electron chi connectivity index (χ4n) is 2.47. The van der Waals surface area contributed by atoms with Crippen LogP contribution in [0.5, 0.6) is 0 Å². The molecule has 0 saturated heterocycles. The summed E-state index contributed by atoms with van der Waals surface area (Å²) in [5.41, 5.74) is 3.36. The van der Waals surface area contributed by atoms with Gasteiger partial charge < -0.3 is 0 Å². The fourth-order valence-corrected chi connectivity index (χ4v) is 3.29. The van der Waals surface area contributed by atoms with Crippen LogP contribution in [-0.4, -0.2) is 24.4 Å². The van der Waals surface area contributed by atoms with Gasteiger partial charge in [-0.3, -0.25) is 0 Å². The number of nitrogens with zero attached hydrogens (tertiary/aromatic N) is 3. The zero-order valence-electron chi connectivity index (χ0n) is 13.9. The van der Waals surface area contributed by atoms with E-state index < -0.39 is 10.0 Å². The van der Waals surface area contributed by atoms with Crippen molar-refractivity contribution in [2.75, 3.05) is 0 Å². The van der Waals surface area contributed by atoms with E-state index in [0.29, 0.717) is 0 Å². The van der Waals surface area contributed by atoms with Crippen LogP contribution >= 0.6 is 0 Å². The van der Waals surface area contributed by atoms with Crippen LogP contribution < -0.4 is 4.83 Å². The van der Waals surface area contributed by atoms with Crippen molar-refractivity contribution in [1.82, 2.24) is 14.6 Å². The van der Waals surface area contributed by atoms with E-state index in [1.807, 2.05) is 48.9 Å². The second kappa shape index (κ2) is 6.90. The number of para-hydroxylation sites is 1. The first-order valence-electron chi connectivity index (χ1n) is 7.70. The maximum Gasteiger partial charge on any atom is 0.276 e. The Morgan fingerprint density at radius 1 is 1.00 bits per heavy atom. The highest BCUT2D eigenvalue weighted by molar-refractivity contribution is 7.89. The van der Waals surface area contributed by atoms with Crippen LogP contribution in [0.3, 0.4) is 0 Å². The Kier molecular flexibility index (Phi) is 4.67. The summed E-state index contributed by atoms with van der Waals surface area (Å²) in [7, 11) is -3.68. The number of aryl methyl sites for hydroxylation is 1. The van der Waals surface area contributed by atoms with Crippen molar-refractivity contribution >= 4 is 16.2 Å². The van der Waals surface area contributed by atoms with Crippen LogP contribution in [0.15, 0.2) is 70.7 Å². The highest BCUT2D eigenvalue weighted by Gasteiger charge is 2.13. The number of sulfonamides is 1. The van der Waals surface area contributed by atoms with Gasteiger partial charge >= 0.3 is 0 Å². The van der Waals surface area contributed by atoms with E-state index in [-0.39, 0.29) is 4.90 Å². The van der Waals surface area contributed by atoms with Gasteiger partial charge in [-0.15, -0.1) is 0 Å². The third kappa shape index (κ3) is 3.61. The molecule has 1 heterocycles. The van der Waals surface area contributed by atoms with Crippen molar-refractivity contribution in [3.8, 4) is 5.69 Å². The number of nitrogens with one attached hydrogen (secondary N) is 1. The molecule has 7 heteroatoms. The molecule has 0 amide bonds. The average molecular weight is 354 g/mol. The zero-order valence-corrected chi connectivity index (χ0v) is 14.7. The largest absolute Gasteiger partial charge is 0.276 e. The summed E-state index contributed by atoms with van der Waals surface area (Å²) in [6.07, 6.45) is 1.48. The normalized spacial score (nSPS) is 11.8. The smallest absolute Gasteiger partial charge is 0.237 e. The Balaban J connectivity index is 1.84. The number of hydrogen-bond acceptors (Lipinski definition) is 4. The fraction of sp³-hybridized carbons (Fsp3) is 0.111. The lowest BCUT2D eigenvalue weighted by Gasteiger charge is -2.04. The molecular weight excluding hydrogens is 336 g/mol. The van der Waals surface area contributed by atoms with Gasteiger partial charge in [0.2, 0.25) is 0 Å². The van der Waals surface area contributed by atoms with Gasteiger partial charge in [0.1, 0.15) is 0 Å². The van der Waals surface area contributed by atoms with E-state index >= 15 is 0 Å². The Morgan fingerprint density at radius 2 is 1.60 bits per heavy atom. The van der Waals surface area contributed by atoms with E-state index in [4.69, 9.17) is 0 Å². The van der Waals surface area contributed by atoms with Crippen molar-refractivity contribution in [2.45, 2.75) is 18.7 Å². The van der Waals surface area contributed by atoms with Crippen LogP contribution in [0.25, 0.3) is 5.69 Å². The average Bonchev–Trinajstić information content (AvgIpc) is 2.91. The Bertz CT molecular complexity index is 994. The molecule has 1 aromatic heterocycles. The van der Waals surface area contributed by atoms with Crippen LogP contribution in [0.4, 0.5) is 0 Å². The SMILES string of the molecule is Cc1nn(-c2ccccc2)c(C)c1C=NNS(=O)(=O)c1ccccc1. The van der Waals surface area contributed by atoms with Gasteiger partial charge in [-0.2, -0.15) is 18.6 Å². The van der Waals surface area contributed by atoms with Gasteiger partial charge in [0.15, 0.2) is 0 Å². The first kappa shape index (κ1) is 16.9. The summed E-state index contributed by atoms with van der Waals surface area (Å²) < 4.78 is 26.2. The minimum Gasteiger partial charge on any atom is -0.237 e. The summed E-state index contributed by atoms with van der Waals surface area (Å²) >= 11 is 0. The predicted molar refractivity (Wildman–Crippen MR) is 97.4 cm³/mol. The molecule has 0 aliphatic heterocycles. The number of rotatable bonds is 5. The van der Waals surface area contributed by atoms with Gasteiger partial charge in [-0.05, 0) is 38.1 Å². The number of hydrogen-bond donors (Lipinski definition) is 1. The van der Waals surface area contributed by atoms with Gasteiger partial charge in [-0.25, -0.2) is 9.51 Å². The van der Waals surface area contributed by atoms with Gasteiger partial charge in [0, 0.05) is 5.56 Å². The standard InChI is InChI=1S/C18H18N4O2S/c1-14-18(15(2)22(20-14)16-9-5-3-6-10-16)13-19-21-25(23,24)17-11-7-4-8-12-17/h3-13,21H,1-2H3. The van der Waals surface area contributed by atoms with Crippen LogP contribution in [0, 0.1) is 13.8 Å². The molecule has 0 fully saturated rings. The minimum atomic E-state index is -3.68. The first-order valence-corrected chi connectivity index (χ1v) is 9.19. The molecule has 3 aromatic rings. The lowest BCUT2D eigenvalue weighted by Crippen LogP contribution is -2.18. The molecule has 0 bridgehead atoms. The molecule has 128 valence electrons. The summed E-state index contributed by atoms with van der Waals surface area (Å²) in [5.74, 6) is 0. The summed E-state index contributed by atoms with van der Waals surface area (Å²) in [5, 5.41) is 8.40. The molecule has 25 heavy (non-hydrogen) atoms. The number of hydrazone groups is 1. The van der Waals surface area contributed by atoms with E-state index in [9.17, 15) is 8.42 Å². The van der Waals surface area contributed by atoms with Crippen molar-refractivity contribution in [3.63, 3.8) is 0 Å². The predicted octanol–water partition coefficient (Wildman–Crippen LogP) is 2.80. The quantitative estimate of drug-likeness (QED) is 0.565. The maximum atomic E-state index is 12.2. The molecule has 3 rings (SSSR count). The first-order chi connectivity index (χ1) is 12.0. The molecule has 2 aromatic carbocycles. The zero-order chi connectivity index (χ0) is 17.9. The van der Waals surface area contributed by atoms with Crippen LogP contribution in [-0.2, 0) is 10.0 Å². The second-order valence-corrected chi connectivity index (χ2v) is 7.16. The second-order valence-electron chi connectivity index (χ2n) is 5.50. The van der Waals surface area contributed by atoms with Gasteiger partial charge in [-0.1, -0.05) is 36.4 Å². The van der Waals surface area contributed by atoms with Crippen molar-refractivity contribution in [2.24, 2.45) is 5.10 Å². The van der Waals surface area contributed by atoms with Crippen molar-refractivity contribution < 1.29 is 8.42 Å². The van der Waals surface area contributed by atoms with Gasteiger partial charge in [0.25, 0.3) is 10.0 Å². The highest BCUT2D eigenvalue weighted by Crippen LogP contribution is 2.16. The topological polar surface area (TPSA) is 76.3 Å². The number of benzene rings is 2.